The van der Waals surface area contributed by atoms with Gasteiger partial charge >= 0.3 is 5.97 Å². The third-order valence-electron chi connectivity index (χ3n) is 4.11. The highest BCUT2D eigenvalue weighted by Gasteiger charge is 2.34. The van der Waals surface area contributed by atoms with E-state index in [0.29, 0.717) is 6.42 Å². The summed E-state index contributed by atoms with van der Waals surface area (Å²) in [5.41, 5.74) is 0.960. The molecule has 2 aromatic heterocycles. The molecular weight excluding hydrogens is 278 g/mol. The molecule has 0 N–H and O–H groups in total. The van der Waals surface area contributed by atoms with Crippen LogP contribution in [0.2, 0.25) is 0 Å². The number of hydrogen-bond donors (Lipinski definition) is 0. The summed E-state index contributed by atoms with van der Waals surface area (Å²) >= 11 is 0. The largest absolute Gasteiger partial charge is 0.469 e. The van der Waals surface area contributed by atoms with Crippen LogP contribution in [0.15, 0.2) is 48.8 Å². The fraction of sp³-hybridized carbons (Fsp3) is 0.353. The van der Waals surface area contributed by atoms with Crippen molar-refractivity contribution in [1.82, 2.24) is 9.97 Å². The number of methoxy groups -OCH3 is 1. The van der Waals surface area contributed by atoms with Crippen LogP contribution < -0.4 is 4.90 Å². The molecule has 114 valence electrons. The minimum Gasteiger partial charge on any atom is -0.469 e. The second-order valence-corrected chi connectivity index (χ2v) is 5.40. The minimum absolute atomic E-state index is 0.0361. The first-order chi connectivity index (χ1) is 10.8. The Morgan fingerprint density at radius 2 is 1.95 bits per heavy atom. The Hall–Kier alpha value is -2.43. The van der Waals surface area contributed by atoms with Crippen molar-refractivity contribution in [2.75, 3.05) is 18.6 Å². The van der Waals surface area contributed by atoms with Gasteiger partial charge in [-0.25, -0.2) is 4.98 Å². The van der Waals surface area contributed by atoms with Crippen LogP contribution in [0.5, 0.6) is 0 Å². The number of anilines is 1. The molecule has 2 unspecified atom stereocenters. The fourth-order valence-electron chi connectivity index (χ4n) is 3.00. The number of hydrogen-bond acceptors (Lipinski definition) is 5. The van der Waals surface area contributed by atoms with Crippen molar-refractivity contribution in [1.29, 1.82) is 0 Å². The van der Waals surface area contributed by atoms with Gasteiger partial charge in [-0.05, 0) is 37.1 Å². The van der Waals surface area contributed by atoms with E-state index < -0.39 is 0 Å². The van der Waals surface area contributed by atoms with Crippen LogP contribution in [0.1, 0.15) is 24.6 Å². The summed E-state index contributed by atoms with van der Waals surface area (Å²) in [5.74, 6) is 0.694. The molecule has 0 aliphatic carbocycles. The van der Waals surface area contributed by atoms with Crippen LogP contribution in [0.3, 0.4) is 0 Å². The molecule has 5 nitrogen and oxygen atoms in total. The summed E-state index contributed by atoms with van der Waals surface area (Å²) < 4.78 is 4.92. The van der Waals surface area contributed by atoms with Crippen molar-refractivity contribution in [3.05, 3.63) is 54.5 Å². The van der Waals surface area contributed by atoms with Crippen molar-refractivity contribution in [2.45, 2.75) is 18.9 Å². The SMILES string of the molecule is COC(=O)C1CCN(c2ccccn2)C(c2ccccn2)C1. The quantitative estimate of drug-likeness (QED) is 0.815. The lowest BCUT2D eigenvalue weighted by Gasteiger charge is -2.39. The molecule has 0 spiro atoms. The van der Waals surface area contributed by atoms with E-state index in [2.05, 4.69) is 14.9 Å². The number of aromatic nitrogens is 2. The number of carbonyl (C=O) groups is 1. The molecule has 22 heavy (non-hydrogen) atoms. The molecule has 2 atom stereocenters. The molecule has 1 aliphatic heterocycles. The van der Waals surface area contributed by atoms with Crippen LogP contribution >= 0.6 is 0 Å². The highest BCUT2D eigenvalue weighted by molar-refractivity contribution is 5.72. The van der Waals surface area contributed by atoms with Gasteiger partial charge in [0.05, 0.1) is 24.8 Å². The van der Waals surface area contributed by atoms with E-state index >= 15 is 0 Å². The molecule has 1 fully saturated rings. The zero-order valence-corrected chi connectivity index (χ0v) is 12.6. The molecular formula is C17H19N3O2. The van der Waals surface area contributed by atoms with Gasteiger partial charge < -0.3 is 9.64 Å². The molecule has 5 heteroatoms. The van der Waals surface area contributed by atoms with Gasteiger partial charge in [0.1, 0.15) is 5.82 Å². The molecule has 1 saturated heterocycles. The van der Waals surface area contributed by atoms with E-state index in [0.717, 1.165) is 24.5 Å². The van der Waals surface area contributed by atoms with Crippen molar-refractivity contribution < 1.29 is 9.53 Å². The van der Waals surface area contributed by atoms with Crippen LogP contribution in [0, 0.1) is 5.92 Å². The smallest absolute Gasteiger partial charge is 0.308 e. The molecule has 2 aromatic rings. The van der Waals surface area contributed by atoms with Gasteiger partial charge in [0.2, 0.25) is 0 Å². The van der Waals surface area contributed by atoms with Gasteiger partial charge in [-0.1, -0.05) is 12.1 Å². The van der Waals surface area contributed by atoms with Gasteiger partial charge in [0.25, 0.3) is 0 Å². The number of nitrogens with zero attached hydrogens (tertiary/aromatic N) is 3. The van der Waals surface area contributed by atoms with Crippen LogP contribution in [-0.2, 0) is 9.53 Å². The topological polar surface area (TPSA) is 55.3 Å². The van der Waals surface area contributed by atoms with Crippen LogP contribution in [0.25, 0.3) is 0 Å². The average molecular weight is 297 g/mol. The highest BCUT2D eigenvalue weighted by Crippen LogP contribution is 2.36. The van der Waals surface area contributed by atoms with E-state index in [-0.39, 0.29) is 17.9 Å². The maximum atomic E-state index is 11.9. The predicted octanol–water partition coefficient (Wildman–Crippen LogP) is 2.61. The number of carbonyl (C=O) groups excluding carboxylic acids is 1. The molecule has 0 amide bonds. The Balaban J connectivity index is 1.91. The van der Waals surface area contributed by atoms with Crippen molar-refractivity contribution in [2.24, 2.45) is 5.92 Å². The molecule has 0 saturated carbocycles. The predicted molar refractivity (Wildman–Crippen MR) is 83.3 cm³/mol. The summed E-state index contributed by atoms with van der Waals surface area (Å²) in [4.78, 5) is 23.1. The van der Waals surface area contributed by atoms with Crippen molar-refractivity contribution in [3.8, 4) is 0 Å². The molecule has 0 radical (unpaired) electrons. The summed E-state index contributed by atoms with van der Waals surface area (Å²) in [6, 6.07) is 11.8. The maximum Gasteiger partial charge on any atom is 0.308 e. The van der Waals surface area contributed by atoms with Gasteiger partial charge in [-0.15, -0.1) is 0 Å². The van der Waals surface area contributed by atoms with E-state index in [1.807, 2.05) is 36.4 Å². The summed E-state index contributed by atoms with van der Waals surface area (Å²) in [7, 11) is 1.45. The van der Waals surface area contributed by atoms with Gasteiger partial charge in [0.15, 0.2) is 0 Å². The zero-order valence-electron chi connectivity index (χ0n) is 12.6. The van der Waals surface area contributed by atoms with Crippen molar-refractivity contribution in [3.63, 3.8) is 0 Å². The number of pyridine rings is 2. The Morgan fingerprint density at radius 3 is 2.59 bits per heavy atom. The van der Waals surface area contributed by atoms with E-state index in [1.165, 1.54) is 7.11 Å². The Kier molecular flexibility index (Phi) is 4.32. The second-order valence-electron chi connectivity index (χ2n) is 5.40. The normalized spacial score (nSPS) is 21.4. The van der Waals surface area contributed by atoms with E-state index in [1.54, 1.807) is 12.4 Å². The van der Waals surface area contributed by atoms with E-state index in [9.17, 15) is 4.79 Å². The number of rotatable bonds is 3. The standard InChI is InChI=1S/C17H19N3O2/c1-22-17(21)13-8-11-20(16-7-3-5-10-19-16)15(12-13)14-6-2-4-9-18-14/h2-7,9-10,13,15H,8,11-12H2,1H3. The van der Waals surface area contributed by atoms with Crippen molar-refractivity contribution >= 4 is 11.8 Å². The van der Waals surface area contributed by atoms with Gasteiger partial charge in [-0.2, -0.15) is 0 Å². The first-order valence-electron chi connectivity index (χ1n) is 7.46. The summed E-state index contributed by atoms with van der Waals surface area (Å²) in [6.07, 6.45) is 5.04. The van der Waals surface area contributed by atoms with E-state index in [4.69, 9.17) is 4.74 Å². The third-order valence-corrected chi connectivity index (χ3v) is 4.11. The summed E-state index contributed by atoms with van der Waals surface area (Å²) in [5, 5.41) is 0. The monoisotopic (exact) mass is 297 g/mol. The fourth-order valence-corrected chi connectivity index (χ4v) is 3.00. The molecule has 3 heterocycles. The Morgan fingerprint density at radius 1 is 1.18 bits per heavy atom. The second kappa shape index (κ2) is 6.56. The lowest BCUT2D eigenvalue weighted by Crippen LogP contribution is -2.40. The highest BCUT2D eigenvalue weighted by atomic mass is 16.5. The molecule has 1 aliphatic rings. The third kappa shape index (κ3) is 2.93. The van der Waals surface area contributed by atoms with Gasteiger partial charge in [0, 0.05) is 18.9 Å². The number of esters is 1. The Labute approximate surface area is 130 Å². The zero-order chi connectivity index (χ0) is 15.4. The minimum atomic E-state index is -0.137. The van der Waals surface area contributed by atoms with Crippen LogP contribution in [0.4, 0.5) is 5.82 Å². The lowest BCUT2D eigenvalue weighted by molar-refractivity contribution is -0.146. The molecule has 0 aromatic carbocycles. The first kappa shape index (κ1) is 14.5. The molecule has 3 rings (SSSR count). The average Bonchev–Trinajstić information content (AvgIpc) is 2.62. The number of piperidine rings is 1. The Bertz CT molecular complexity index is 618. The van der Waals surface area contributed by atoms with Gasteiger partial charge in [-0.3, -0.25) is 9.78 Å². The lowest BCUT2D eigenvalue weighted by atomic mass is 9.89. The number of ether oxygens (including phenoxy) is 1. The molecule has 0 bridgehead atoms. The summed E-state index contributed by atoms with van der Waals surface area (Å²) in [6.45, 7) is 0.762. The first-order valence-corrected chi connectivity index (χ1v) is 7.46. The maximum absolute atomic E-state index is 11.9. The van der Waals surface area contributed by atoms with Crippen LogP contribution in [-0.4, -0.2) is 29.6 Å².